The lowest BCUT2D eigenvalue weighted by atomic mass is 9.87. The van der Waals surface area contributed by atoms with Crippen LogP contribution in [0.4, 0.5) is 5.69 Å². The first-order chi connectivity index (χ1) is 14.2. The van der Waals surface area contributed by atoms with Crippen LogP contribution in [-0.4, -0.2) is 11.8 Å². The van der Waals surface area contributed by atoms with Crippen molar-refractivity contribution in [3.8, 4) is 11.1 Å². The number of anilines is 1. The van der Waals surface area contributed by atoms with E-state index in [0.717, 1.165) is 16.7 Å². The molecule has 4 nitrogen and oxygen atoms in total. The fourth-order valence-corrected chi connectivity index (χ4v) is 3.08. The van der Waals surface area contributed by atoms with E-state index < -0.39 is 5.91 Å². The highest BCUT2D eigenvalue weighted by Crippen LogP contribution is 2.24. The van der Waals surface area contributed by atoms with Crippen LogP contribution in [0, 0.1) is 0 Å². The maximum Gasteiger partial charge on any atom is 0.248 e. The van der Waals surface area contributed by atoms with Crippen LogP contribution in [0.5, 0.6) is 0 Å². The van der Waals surface area contributed by atoms with E-state index in [9.17, 15) is 9.59 Å². The van der Waals surface area contributed by atoms with Gasteiger partial charge in [-0.3, -0.25) is 9.59 Å². The van der Waals surface area contributed by atoms with Gasteiger partial charge in [-0.25, -0.2) is 0 Å². The van der Waals surface area contributed by atoms with Gasteiger partial charge in [0.15, 0.2) is 0 Å². The van der Waals surface area contributed by atoms with Gasteiger partial charge in [0.05, 0.1) is 0 Å². The van der Waals surface area contributed by atoms with Crippen molar-refractivity contribution in [1.29, 1.82) is 0 Å². The van der Waals surface area contributed by atoms with Crippen LogP contribution in [0.25, 0.3) is 17.2 Å². The van der Waals surface area contributed by atoms with E-state index in [1.54, 1.807) is 24.3 Å². The van der Waals surface area contributed by atoms with Crippen molar-refractivity contribution in [2.75, 3.05) is 5.32 Å². The van der Waals surface area contributed by atoms with Crippen LogP contribution in [0.15, 0.2) is 78.9 Å². The first-order valence-electron chi connectivity index (χ1n) is 9.82. The third kappa shape index (κ3) is 5.45. The Morgan fingerprint density at radius 3 is 2.13 bits per heavy atom. The molecule has 0 aliphatic heterocycles. The summed E-state index contributed by atoms with van der Waals surface area (Å²) in [5, 5.41) is 2.88. The number of nitrogens with two attached hydrogens (primary N) is 1. The fraction of sp³-hybridized carbons (Fsp3) is 0.154. The predicted octanol–water partition coefficient (Wildman–Crippen LogP) is 5.40. The van der Waals surface area contributed by atoms with Gasteiger partial charge in [0.1, 0.15) is 0 Å². The van der Waals surface area contributed by atoms with Gasteiger partial charge in [-0.2, -0.15) is 0 Å². The van der Waals surface area contributed by atoms with Crippen LogP contribution in [-0.2, 0) is 10.2 Å². The average Bonchev–Trinajstić information content (AvgIpc) is 2.72. The van der Waals surface area contributed by atoms with E-state index in [1.807, 2.05) is 42.5 Å². The fourth-order valence-electron chi connectivity index (χ4n) is 3.08. The maximum absolute atomic E-state index is 12.3. The minimum Gasteiger partial charge on any atom is -0.366 e. The zero-order valence-electron chi connectivity index (χ0n) is 17.5. The minimum atomic E-state index is -0.470. The van der Waals surface area contributed by atoms with Crippen molar-refractivity contribution in [3.05, 3.63) is 95.6 Å². The third-order valence-electron chi connectivity index (χ3n) is 4.81. The molecule has 152 valence electrons. The van der Waals surface area contributed by atoms with Crippen molar-refractivity contribution < 1.29 is 9.59 Å². The van der Waals surface area contributed by atoms with Crippen LogP contribution >= 0.6 is 0 Å². The maximum atomic E-state index is 12.3. The summed E-state index contributed by atoms with van der Waals surface area (Å²) in [5.74, 6) is -0.681. The molecule has 0 unspecified atom stereocenters. The summed E-state index contributed by atoms with van der Waals surface area (Å²) in [6.45, 7) is 6.51. The lowest BCUT2D eigenvalue weighted by molar-refractivity contribution is -0.111. The molecule has 3 aromatic rings. The van der Waals surface area contributed by atoms with Gasteiger partial charge in [0.25, 0.3) is 0 Å². The summed E-state index contributed by atoms with van der Waals surface area (Å²) in [7, 11) is 0. The van der Waals surface area contributed by atoms with Gasteiger partial charge in [0, 0.05) is 17.3 Å². The van der Waals surface area contributed by atoms with Crippen molar-refractivity contribution in [3.63, 3.8) is 0 Å². The van der Waals surface area contributed by atoms with Gasteiger partial charge in [-0.05, 0) is 58.0 Å². The molecule has 3 rings (SSSR count). The van der Waals surface area contributed by atoms with E-state index in [0.29, 0.717) is 11.3 Å². The number of nitrogens with one attached hydrogen (secondary N) is 1. The van der Waals surface area contributed by atoms with Crippen molar-refractivity contribution in [1.82, 2.24) is 0 Å². The highest BCUT2D eigenvalue weighted by atomic mass is 16.1. The molecule has 0 bridgehead atoms. The minimum absolute atomic E-state index is 0.0988. The first-order valence-corrected chi connectivity index (χ1v) is 9.82. The van der Waals surface area contributed by atoms with E-state index in [-0.39, 0.29) is 11.3 Å². The molecular weight excluding hydrogens is 372 g/mol. The van der Waals surface area contributed by atoms with Crippen LogP contribution in [0.1, 0.15) is 42.3 Å². The van der Waals surface area contributed by atoms with E-state index in [1.165, 1.54) is 11.6 Å². The highest BCUT2D eigenvalue weighted by Gasteiger charge is 2.12. The number of benzene rings is 3. The van der Waals surface area contributed by atoms with Gasteiger partial charge in [-0.1, -0.05) is 69.3 Å². The number of primary amides is 1. The number of hydrogen-bond donors (Lipinski definition) is 2. The van der Waals surface area contributed by atoms with Crippen LogP contribution < -0.4 is 11.1 Å². The summed E-state index contributed by atoms with van der Waals surface area (Å²) in [6, 6.07) is 22.8. The van der Waals surface area contributed by atoms with E-state index in [4.69, 9.17) is 5.73 Å². The molecule has 0 radical (unpaired) electrons. The number of carbonyl (C=O) groups excluding carboxylic acids is 2. The lowest BCUT2D eigenvalue weighted by Gasteiger charge is -2.18. The SMILES string of the molecule is CC(C)(C)c1ccc(/C=C/C(=O)Nc2cccc(-c3cccc(C(N)=O)c3)c2)cc1. The topological polar surface area (TPSA) is 72.2 Å². The van der Waals surface area contributed by atoms with E-state index in [2.05, 4.69) is 38.2 Å². The smallest absolute Gasteiger partial charge is 0.248 e. The second-order valence-corrected chi connectivity index (χ2v) is 8.22. The Labute approximate surface area is 177 Å². The third-order valence-corrected chi connectivity index (χ3v) is 4.81. The molecule has 3 aromatic carbocycles. The zero-order chi connectivity index (χ0) is 21.7. The Hall–Kier alpha value is -3.66. The standard InChI is InChI=1S/C26H26N2O2/c1-26(2,3)22-13-10-18(11-14-22)12-15-24(29)28-23-9-5-7-20(17-23)19-6-4-8-21(16-19)25(27)30/h4-17H,1-3H3,(H2,27,30)(H,28,29)/b15-12+. The van der Waals surface area contributed by atoms with Crippen LogP contribution in [0.2, 0.25) is 0 Å². The van der Waals surface area contributed by atoms with Gasteiger partial charge < -0.3 is 11.1 Å². The summed E-state index contributed by atoms with van der Waals surface area (Å²) >= 11 is 0. The molecule has 0 saturated heterocycles. The second kappa shape index (κ2) is 8.78. The Morgan fingerprint density at radius 1 is 0.867 bits per heavy atom. The molecule has 30 heavy (non-hydrogen) atoms. The first kappa shape index (κ1) is 21.1. The monoisotopic (exact) mass is 398 g/mol. The van der Waals surface area contributed by atoms with Crippen LogP contribution in [0.3, 0.4) is 0 Å². The largest absolute Gasteiger partial charge is 0.366 e. The quantitative estimate of drug-likeness (QED) is 0.565. The molecule has 4 heteroatoms. The summed E-state index contributed by atoms with van der Waals surface area (Å²) < 4.78 is 0. The van der Waals surface area contributed by atoms with Gasteiger partial charge in [-0.15, -0.1) is 0 Å². The normalized spacial score (nSPS) is 11.4. The molecule has 2 amide bonds. The van der Waals surface area contributed by atoms with E-state index >= 15 is 0 Å². The Balaban J connectivity index is 1.70. The molecular formula is C26H26N2O2. The number of hydrogen-bond acceptors (Lipinski definition) is 2. The van der Waals surface area contributed by atoms with Crippen molar-refractivity contribution in [2.24, 2.45) is 5.73 Å². The molecule has 0 saturated carbocycles. The molecule has 0 aliphatic rings. The van der Waals surface area contributed by atoms with Crippen molar-refractivity contribution in [2.45, 2.75) is 26.2 Å². The number of carbonyl (C=O) groups is 2. The molecule has 0 aliphatic carbocycles. The molecule has 0 aromatic heterocycles. The Kier molecular flexibility index (Phi) is 6.17. The number of amides is 2. The molecule has 0 spiro atoms. The Bertz CT molecular complexity index is 1090. The molecule has 0 heterocycles. The van der Waals surface area contributed by atoms with Crippen molar-refractivity contribution >= 4 is 23.6 Å². The molecule has 3 N–H and O–H groups in total. The lowest BCUT2D eigenvalue weighted by Crippen LogP contribution is -2.10. The molecule has 0 atom stereocenters. The highest BCUT2D eigenvalue weighted by molar-refractivity contribution is 6.02. The Morgan fingerprint density at radius 2 is 1.50 bits per heavy atom. The summed E-state index contributed by atoms with van der Waals surface area (Å²) in [5.41, 5.74) is 10.5. The predicted molar refractivity (Wildman–Crippen MR) is 123 cm³/mol. The van der Waals surface area contributed by atoms with Gasteiger partial charge >= 0.3 is 0 Å². The average molecular weight is 399 g/mol. The number of rotatable bonds is 5. The van der Waals surface area contributed by atoms with Gasteiger partial charge in [0.2, 0.25) is 11.8 Å². The summed E-state index contributed by atoms with van der Waals surface area (Å²) in [4.78, 5) is 23.8. The molecule has 0 fully saturated rings. The summed E-state index contributed by atoms with van der Waals surface area (Å²) in [6.07, 6.45) is 3.31. The zero-order valence-corrected chi connectivity index (χ0v) is 17.5. The second-order valence-electron chi connectivity index (χ2n) is 8.22.